The third-order valence-corrected chi connectivity index (χ3v) is 5.26. The first-order chi connectivity index (χ1) is 13.0. The van der Waals surface area contributed by atoms with Crippen molar-refractivity contribution >= 4 is 16.7 Å². The van der Waals surface area contributed by atoms with E-state index < -0.39 is 29.7 Å². The molecule has 1 aliphatic heterocycles. The molecular formula is C22H19F2NO2. The predicted molar refractivity (Wildman–Crippen MR) is 99.5 cm³/mol. The van der Waals surface area contributed by atoms with E-state index in [9.17, 15) is 18.7 Å². The molecule has 3 nitrogen and oxygen atoms in total. The van der Waals surface area contributed by atoms with Gasteiger partial charge in [0.2, 0.25) is 0 Å². The molecule has 0 amide bonds. The van der Waals surface area contributed by atoms with Crippen LogP contribution in [-0.2, 0) is 4.79 Å². The normalized spacial score (nSPS) is 18.7. The molecule has 2 atom stereocenters. The minimum Gasteiger partial charge on any atom is -0.480 e. The molecular weight excluding hydrogens is 348 g/mol. The van der Waals surface area contributed by atoms with Gasteiger partial charge < -0.3 is 5.11 Å². The second-order valence-corrected chi connectivity index (χ2v) is 6.91. The Balaban J connectivity index is 1.87. The number of hydrogen-bond donors (Lipinski definition) is 1. The van der Waals surface area contributed by atoms with E-state index >= 15 is 0 Å². The zero-order valence-corrected chi connectivity index (χ0v) is 14.6. The molecule has 1 aliphatic rings. The Kier molecular flexibility index (Phi) is 4.62. The number of halogens is 2. The number of carboxylic acid groups (broad SMARTS) is 1. The second-order valence-electron chi connectivity index (χ2n) is 6.91. The molecule has 27 heavy (non-hydrogen) atoms. The smallest absolute Gasteiger partial charge is 0.320 e. The molecule has 1 N–H and O–H groups in total. The summed E-state index contributed by atoms with van der Waals surface area (Å²) in [6.45, 7) is 0.547. The number of fused-ring (bicyclic) bond motifs is 1. The van der Waals surface area contributed by atoms with E-state index in [0.717, 1.165) is 28.8 Å². The fourth-order valence-electron chi connectivity index (χ4n) is 4.01. The highest BCUT2D eigenvalue weighted by atomic mass is 19.1. The molecule has 1 heterocycles. The third-order valence-electron chi connectivity index (χ3n) is 5.26. The average molecular weight is 367 g/mol. The summed E-state index contributed by atoms with van der Waals surface area (Å²) in [6, 6.07) is 15.9. The van der Waals surface area contributed by atoms with Crippen LogP contribution in [0.25, 0.3) is 10.8 Å². The first-order valence-electron chi connectivity index (χ1n) is 8.97. The van der Waals surface area contributed by atoms with Crippen molar-refractivity contribution in [3.63, 3.8) is 0 Å². The quantitative estimate of drug-likeness (QED) is 0.723. The summed E-state index contributed by atoms with van der Waals surface area (Å²) >= 11 is 0. The Morgan fingerprint density at radius 2 is 1.81 bits per heavy atom. The van der Waals surface area contributed by atoms with Gasteiger partial charge in [0.05, 0.1) is 6.04 Å². The molecule has 3 aromatic carbocycles. The maximum absolute atomic E-state index is 14.7. The van der Waals surface area contributed by atoms with Crippen LogP contribution >= 0.6 is 0 Å². The van der Waals surface area contributed by atoms with E-state index in [2.05, 4.69) is 0 Å². The maximum atomic E-state index is 14.7. The molecule has 5 heteroatoms. The number of aliphatic carboxylic acids is 1. The topological polar surface area (TPSA) is 40.5 Å². The Labute approximate surface area is 155 Å². The number of likely N-dealkylation sites (tertiary alicyclic amines) is 1. The van der Waals surface area contributed by atoms with Crippen molar-refractivity contribution in [1.29, 1.82) is 0 Å². The SMILES string of the molecule is O=C(O)C1CCCN1C(c1ccc2ccccc2c1)c1ccc(F)cc1F. The highest BCUT2D eigenvalue weighted by Crippen LogP contribution is 2.37. The van der Waals surface area contributed by atoms with Crippen molar-refractivity contribution in [2.24, 2.45) is 0 Å². The number of hydrogen-bond acceptors (Lipinski definition) is 2. The molecule has 0 saturated carbocycles. The molecule has 3 aromatic rings. The minimum atomic E-state index is -0.916. The summed E-state index contributed by atoms with van der Waals surface area (Å²) in [4.78, 5) is 13.5. The summed E-state index contributed by atoms with van der Waals surface area (Å²) < 4.78 is 28.1. The van der Waals surface area contributed by atoms with Crippen molar-refractivity contribution < 1.29 is 18.7 Å². The minimum absolute atomic E-state index is 0.292. The van der Waals surface area contributed by atoms with Gasteiger partial charge in [-0.3, -0.25) is 9.69 Å². The van der Waals surface area contributed by atoms with Crippen LogP contribution in [0.2, 0.25) is 0 Å². The zero-order chi connectivity index (χ0) is 19.0. The van der Waals surface area contributed by atoms with Gasteiger partial charge >= 0.3 is 5.97 Å². The van der Waals surface area contributed by atoms with E-state index in [0.29, 0.717) is 18.5 Å². The number of rotatable bonds is 4. The van der Waals surface area contributed by atoms with Gasteiger partial charge in [0.15, 0.2) is 0 Å². The molecule has 1 saturated heterocycles. The standard InChI is InChI=1S/C22H19F2NO2/c23-17-9-10-18(19(24)13-17)21(25-11-3-6-20(25)22(26)27)16-8-7-14-4-1-2-5-15(14)12-16/h1-2,4-5,7-10,12-13,20-21H,3,6,11H2,(H,26,27). The Bertz CT molecular complexity index is 1000. The monoisotopic (exact) mass is 367 g/mol. The van der Waals surface area contributed by atoms with Crippen molar-refractivity contribution in [1.82, 2.24) is 4.90 Å². The van der Waals surface area contributed by atoms with Crippen LogP contribution in [-0.4, -0.2) is 28.6 Å². The molecule has 1 fully saturated rings. The molecule has 0 aromatic heterocycles. The highest BCUT2D eigenvalue weighted by Gasteiger charge is 2.37. The van der Waals surface area contributed by atoms with Gasteiger partial charge in [-0.05, 0) is 41.3 Å². The molecule has 2 unspecified atom stereocenters. The zero-order valence-electron chi connectivity index (χ0n) is 14.6. The molecule has 138 valence electrons. The van der Waals surface area contributed by atoms with Gasteiger partial charge in [0.1, 0.15) is 17.7 Å². The van der Waals surface area contributed by atoms with E-state index in [1.807, 2.05) is 47.4 Å². The van der Waals surface area contributed by atoms with Crippen molar-refractivity contribution in [3.05, 3.63) is 83.4 Å². The van der Waals surface area contributed by atoms with Gasteiger partial charge in [-0.15, -0.1) is 0 Å². The van der Waals surface area contributed by atoms with Gasteiger partial charge in [0, 0.05) is 18.2 Å². The fraction of sp³-hybridized carbons (Fsp3) is 0.227. The summed E-state index contributed by atoms with van der Waals surface area (Å²) in [5.41, 5.74) is 1.09. The van der Waals surface area contributed by atoms with Gasteiger partial charge in [-0.1, -0.05) is 42.5 Å². The average Bonchev–Trinajstić information content (AvgIpc) is 3.13. The van der Waals surface area contributed by atoms with Crippen molar-refractivity contribution in [2.45, 2.75) is 24.9 Å². The van der Waals surface area contributed by atoms with Crippen LogP contribution in [0.1, 0.15) is 30.0 Å². The summed E-state index contributed by atoms with van der Waals surface area (Å²) in [6.07, 6.45) is 1.24. The van der Waals surface area contributed by atoms with Crippen LogP contribution in [0, 0.1) is 11.6 Å². The first kappa shape index (κ1) is 17.6. The lowest BCUT2D eigenvalue weighted by Gasteiger charge is -2.32. The van der Waals surface area contributed by atoms with E-state index in [-0.39, 0.29) is 0 Å². The van der Waals surface area contributed by atoms with Gasteiger partial charge in [-0.2, -0.15) is 0 Å². The summed E-state index contributed by atoms with van der Waals surface area (Å²) in [7, 11) is 0. The van der Waals surface area contributed by atoms with Gasteiger partial charge in [-0.25, -0.2) is 8.78 Å². The maximum Gasteiger partial charge on any atom is 0.320 e. The van der Waals surface area contributed by atoms with E-state index in [1.54, 1.807) is 0 Å². The van der Waals surface area contributed by atoms with Crippen LogP contribution < -0.4 is 0 Å². The lowest BCUT2D eigenvalue weighted by molar-refractivity contribution is -0.142. The van der Waals surface area contributed by atoms with Crippen LogP contribution in [0.5, 0.6) is 0 Å². The van der Waals surface area contributed by atoms with Crippen molar-refractivity contribution in [3.8, 4) is 0 Å². The Morgan fingerprint density at radius 1 is 1.04 bits per heavy atom. The molecule has 0 aliphatic carbocycles. The fourth-order valence-corrected chi connectivity index (χ4v) is 4.01. The third kappa shape index (κ3) is 3.30. The molecule has 4 rings (SSSR count). The number of benzene rings is 3. The lowest BCUT2D eigenvalue weighted by Crippen LogP contribution is -2.39. The molecule has 0 spiro atoms. The van der Waals surface area contributed by atoms with Crippen LogP contribution in [0.3, 0.4) is 0 Å². The first-order valence-corrected chi connectivity index (χ1v) is 8.97. The molecule has 0 radical (unpaired) electrons. The molecule has 0 bridgehead atoms. The number of nitrogens with zero attached hydrogens (tertiary/aromatic N) is 1. The summed E-state index contributed by atoms with van der Waals surface area (Å²) in [5, 5.41) is 11.7. The highest BCUT2D eigenvalue weighted by molar-refractivity contribution is 5.83. The lowest BCUT2D eigenvalue weighted by atomic mass is 9.93. The number of carboxylic acids is 1. The van der Waals surface area contributed by atoms with Crippen molar-refractivity contribution in [2.75, 3.05) is 6.54 Å². The predicted octanol–water partition coefficient (Wildman–Crippen LogP) is 4.76. The summed E-state index contributed by atoms with van der Waals surface area (Å²) in [5.74, 6) is -2.23. The van der Waals surface area contributed by atoms with Crippen LogP contribution in [0.4, 0.5) is 8.78 Å². The van der Waals surface area contributed by atoms with E-state index in [4.69, 9.17) is 0 Å². The van der Waals surface area contributed by atoms with Gasteiger partial charge in [0.25, 0.3) is 0 Å². The largest absolute Gasteiger partial charge is 0.480 e. The van der Waals surface area contributed by atoms with Crippen LogP contribution in [0.15, 0.2) is 60.7 Å². The number of carbonyl (C=O) groups is 1. The Hall–Kier alpha value is -2.79. The second kappa shape index (κ2) is 7.08. The Morgan fingerprint density at radius 3 is 2.56 bits per heavy atom. The van der Waals surface area contributed by atoms with E-state index in [1.165, 1.54) is 12.1 Å².